The number of rotatable bonds is 4. The van der Waals surface area contributed by atoms with E-state index in [1.807, 2.05) is 18.7 Å². The number of nitrogens with zero attached hydrogens (tertiary/aromatic N) is 2. The number of phenols is 1. The van der Waals surface area contributed by atoms with Gasteiger partial charge in [0.25, 0.3) is 0 Å². The van der Waals surface area contributed by atoms with Crippen molar-refractivity contribution in [3.63, 3.8) is 0 Å². The molecule has 1 aromatic carbocycles. The Labute approximate surface area is 94.7 Å². The number of benzene rings is 1. The van der Waals surface area contributed by atoms with E-state index in [1.165, 1.54) is 12.1 Å². The summed E-state index contributed by atoms with van der Waals surface area (Å²) in [5, 5.41) is 18.2. The number of nitriles is 1. The lowest BCUT2D eigenvalue weighted by Crippen LogP contribution is -2.27. The summed E-state index contributed by atoms with van der Waals surface area (Å²) in [6.07, 6.45) is 0. The highest BCUT2D eigenvalue weighted by Gasteiger charge is 2.18. The van der Waals surface area contributed by atoms with Crippen LogP contribution in [0.25, 0.3) is 0 Å². The van der Waals surface area contributed by atoms with Crippen molar-refractivity contribution in [2.24, 2.45) is 0 Å². The lowest BCUT2D eigenvalue weighted by Gasteiger charge is -2.24. The fourth-order valence-corrected chi connectivity index (χ4v) is 1.65. The van der Waals surface area contributed by atoms with Crippen molar-refractivity contribution < 1.29 is 9.50 Å². The molecule has 4 heteroatoms. The summed E-state index contributed by atoms with van der Waals surface area (Å²) in [5.41, 5.74) is 0.571. The summed E-state index contributed by atoms with van der Waals surface area (Å²) in [4.78, 5) is 1.92. The zero-order valence-electron chi connectivity index (χ0n) is 9.44. The number of phenolic OH excluding ortho intramolecular Hbond substituents is 1. The molecule has 0 aromatic heterocycles. The van der Waals surface area contributed by atoms with Crippen LogP contribution in [0.3, 0.4) is 0 Å². The molecule has 1 N–H and O–H groups in total. The molecule has 0 aliphatic rings. The molecule has 0 heterocycles. The highest BCUT2D eigenvalue weighted by atomic mass is 19.1. The van der Waals surface area contributed by atoms with Gasteiger partial charge in [-0.3, -0.25) is 4.90 Å². The predicted molar refractivity (Wildman–Crippen MR) is 59.3 cm³/mol. The zero-order valence-corrected chi connectivity index (χ0v) is 9.44. The number of hydrogen-bond donors (Lipinski definition) is 1. The van der Waals surface area contributed by atoms with Crippen molar-refractivity contribution in [1.82, 2.24) is 4.90 Å². The lowest BCUT2D eigenvalue weighted by atomic mass is 10.1. The third-order valence-electron chi connectivity index (χ3n) is 2.59. The normalized spacial score (nSPS) is 12.4. The Kier molecular flexibility index (Phi) is 4.27. The molecule has 1 aromatic rings. The van der Waals surface area contributed by atoms with Gasteiger partial charge < -0.3 is 5.11 Å². The summed E-state index contributed by atoms with van der Waals surface area (Å²) in [7, 11) is 0. The average molecular weight is 222 g/mol. The first-order valence-corrected chi connectivity index (χ1v) is 5.26. The van der Waals surface area contributed by atoms with Gasteiger partial charge in [0, 0.05) is 0 Å². The molecule has 16 heavy (non-hydrogen) atoms. The Bertz CT molecular complexity index is 396. The minimum absolute atomic E-state index is 0.389. The molecule has 3 nitrogen and oxygen atoms in total. The summed E-state index contributed by atoms with van der Waals surface area (Å²) < 4.78 is 13.2. The Morgan fingerprint density at radius 3 is 2.50 bits per heavy atom. The maximum Gasteiger partial charge on any atom is 0.165 e. The largest absolute Gasteiger partial charge is 0.505 e. The fourth-order valence-electron chi connectivity index (χ4n) is 1.65. The van der Waals surface area contributed by atoms with Crippen LogP contribution in [0, 0.1) is 17.1 Å². The van der Waals surface area contributed by atoms with Crippen LogP contribution < -0.4 is 0 Å². The van der Waals surface area contributed by atoms with Crippen LogP contribution in [-0.2, 0) is 0 Å². The molecular formula is C12H15FN2O. The molecule has 1 unspecified atom stereocenters. The van der Waals surface area contributed by atoms with Crippen LogP contribution in [0.1, 0.15) is 25.5 Å². The van der Waals surface area contributed by atoms with Gasteiger partial charge in [-0.15, -0.1) is 0 Å². The van der Waals surface area contributed by atoms with Gasteiger partial charge in [0.2, 0.25) is 0 Å². The fraction of sp³-hybridized carbons (Fsp3) is 0.417. The van der Waals surface area contributed by atoms with Crippen molar-refractivity contribution in [3.05, 3.63) is 29.6 Å². The van der Waals surface area contributed by atoms with Crippen LogP contribution in [0.15, 0.2) is 18.2 Å². The molecule has 0 spiro atoms. The van der Waals surface area contributed by atoms with Crippen LogP contribution in [0.4, 0.5) is 4.39 Å². The first kappa shape index (κ1) is 12.5. The van der Waals surface area contributed by atoms with E-state index in [0.717, 1.165) is 13.1 Å². The first-order chi connectivity index (χ1) is 7.63. The predicted octanol–water partition coefficient (Wildman–Crippen LogP) is 2.44. The van der Waals surface area contributed by atoms with E-state index in [9.17, 15) is 4.39 Å². The van der Waals surface area contributed by atoms with Gasteiger partial charge in [0.15, 0.2) is 11.6 Å². The minimum Gasteiger partial charge on any atom is -0.505 e. The monoisotopic (exact) mass is 222 g/mol. The third-order valence-corrected chi connectivity index (χ3v) is 2.59. The maximum atomic E-state index is 13.2. The van der Waals surface area contributed by atoms with Crippen LogP contribution >= 0.6 is 0 Å². The quantitative estimate of drug-likeness (QED) is 0.851. The van der Waals surface area contributed by atoms with Gasteiger partial charge in [-0.25, -0.2) is 4.39 Å². The van der Waals surface area contributed by atoms with Crippen molar-refractivity contribution in [2.45, 2.75) is 19.9 Å². The van der Waals surface area contributed by atoms with Gasteiger partial charge in [0.05, 0.1) is 6.07 Å². The van der Waals surface area contributed by atoms with E-state index < -0.39 is 11.9 Å². The molecular weight excluding hydrogens is 207 g/mol. The second kappa shape index (κ2) is 5.47. The van der Waals surface area contributed by atoms with Gasteiger partial charge in [-0.05, 0) is 30.8 Å². The third kappa shape index (κ3) is 2.50. The van der Waals surface area contributed by atoms with Crippen molar-refractivity contribution in [3.8, 4) is 11.8 Å². The smallest absolute Gasteiger partial charge is 0.165 e. The maximum absolute atomic E-state index is 13.2. The standard InChI is InChI=1S/C12H15FN2O/c1-3-15(4-2)11(8-14)9-5-6-12(16)10(13)7-9/h5-7,11,16H,3-4H2,1-2H3. The van der Waals surface area contributed by atoms with Gasteiger partial charge in [0.1, 0.15) is 6.04 Å². The Morgan fingerprint density at radius 1 is 1.44 bits per heavy atom. The highest BCUT2D eigenvalue weighted by Crippen LogP contribution is 2.24. The second-order valence-electron chi connectivity index (χ2n) is 3.46. The van der Waals surface area contributed by atoms with E-state index >= 15 is 0 Å². The molecule has 1 atom stereocenters. The average Bonchev–Trinajstić information content (AvgIpc) is 2.29. The zero-order chi connectivity index (χ0) is 12.1. The lowest BCUT2D eigenvalue weighted by molar-refractivity contribution is 0.262. The van der Waals surface area contributed by atoms with Gasteiger partial charge in [-0.1, -0.05) is 19.9 Å². The van der Waals surface area contributed by atoms with Gasteiger partial charge in [-0.2, -0.15) is 5.26 Å². The van der Waals surface area contributed by atoms with E-state index in [0.29, 0.717) is 5.56 Å². The van der Waals surface area contributed by atoms with Crippen molar-refractivity contribution in [2.75, 3.05) is 13.1 Å². The van der Waals surface area contributed by atoms with Crippen LogP contribution in [-0.4, -0.2) is 23.1 Å². The second-order valence-corrected chi connectivity index (χ2v) is 3.46. The van der Waals surface area contributed by atoms with Crippen molar-refractivity contribution >= 4 is 0 Å². The molecule has 1 rings (SSSR count). The summed E-state index contributed by atoms with van der Waals surface area (Å²) in [6.45, 7) is 5.34. The summed E-state index contributed by atoms with van der Waals surface area (Å²) in [6, 6.07) is 5.74. The Morgan fingerprint density at radius 2 is 2.06 bits per heavy atom. The molecule has 0 fully saturated rings. The first-order valence-electron chi connectivity index (χ1n) is 5.26. The molecule has 0 saturated carbocycles. The molecule has 0 aliphatic carbocycles. The number of aromatic hydroxyl groups is 1. The molecule has 0 aliphatic heterocycles. The Balaban J connectivity index is 3.05. The van der Waals surface area contributed by atoms with Crippen LogP contribution in [0.5, 0.6) is 5.75 Å². The topological polar surface area (TPSA) is 47.3 Å². The molecule has 0 saturated heterocycles. The summed E-state index contributed by atoms with van der Waals surface area (Å²) >= 11 is 0. The van der Waals surface area contributed by atoms with E-state index in [-0.39, 0.29) is 5.75 Å². The molecule has 0 radical (unpaired) electrons. The Hall–Kier alpha value is -1.60. The van der Waals surface area contributed by atoms with E-state index in [4.69, 9.17) is 10.4 Å². The van der Waals surface area contributed by atoms with Gasteiger partial charge >= 0.3 is 0 Å². The molecule has 0 amide bonds. The van der Waals surface area contributed by atoms with E-state index in [1.54, 1.807) is 6.07 Å². The number of halogens is 1. The summed E-state index contributed by atoms with van der Waals surface area (Å²) in [5.74, 6) is -1.08. The van der Waals surface area contributed by atoms with E-state index in [2.05, 4.69) is 6.07 Å². The number of hydrogen-bond acceptors (Lipinski definition) is 3. The minimum atomic E-state index is -0.690. The SMILES string of the molecule is CCN(CC)C(C#N)c1ccc(O)c(F)c1. The van der Waals surface area contributed by atoms with Crippen LogP contribution in [0.2, 0.25) is 0 Å². The van der Waals surface area contributed by atoms with Crippen molar-refractivity contribution in [1.29, 1.82) is 5.26 Å². The molecule has 86 valence electrons. The highest BCUT2D eigenvalue weighted by molar-refractivity contribution is 5.32. The molecule has 0 bridgehead atoms.